The van der Waals surface area contributed by atoms with E-state index in [1.165, 1.54) is 32.4 Å². The molecule has 0 spiro atoms. The van der Waals surface area contributed by atoms with Gasteiger partial charge in [-0.2, -0.15) is 0 Å². The van der Waals surface area contributed by atoms with E-state index in [9.17, 15) is 4.79 Å². The van der Waals surface area contributed by atoms with E-state index in [4.69, 9.17) is 0 Å². The van der Waals surface area contributed by atoms with E-state index >= 15 is 0 Å². The molecular weight excluding hydrogens is 314 g/mol. The van der Waals surface area contributed by atoms with Crippen molar-refractivity contribution < 1.29 is 4.79 Å². The topological polar surface area (TPSA) is 51.7 Å². The Balaban J connectivity index is 1.55. The van der Waals surface area contributed by atoms with E-state index in [-0.39, 0.29) is 6.03 Å². The summed E-state index contributed by atoms with van der Waals surface area (Å²) in [7, 11) is 3.95. The summed E-state index contributed by atoms with van der Waals surface area (Å²) in [5, 5.41) is 3.11. The number of aromatic nitrogens is 1. The van der Waals surface area contributed by atoms with Crippen LogP contribution in [0.1, 0.15) is 37.7 Å². The van der Waals surface area contributed by atoms with Crippen LogP contribution in [-0.4, -0.2) is 67.1 Å². The Hall–Kier alpha value is -1.82. The van der Waals surface area contributed by atoms with Crippen LogP contribution < -0.4 is 10.2 Å². The Labute approximate surface area is 151 Å². The van der Waals surface area contributed by atoms with E-state index in [0.29, 0.717) is 12.6 Å². The van der Waals surface area contributed by atoms with Crippen LogP contribution in [0.15, 0.2) is 18.3 Å². The second-order valence-electron chi connectivity index (χ2n) is 7.39. The molecule has 2 saturated heterocycles. The fourth-order valence-electron chi connectivity index (χ4n) is 3.98. The lowest BCUT2D eigenvalue weighted by molar-refractivity contribution is 0.153. The highest BCUT2D eigenvalue weighted by molar-refractivity contribution is 5.75. The summed E-state index contributed by atoms with van der Waals surface area (Å²) in [6.07, 6.45) is 7.97. The number of hydrogen-bond donors (Lipinski definition) is 1. The first kappa shape index (κ1) is 18.0. The van der Waals surface area contributed by atoms with Gasteiger partial charge in [-0.15, -0.1) is 0 Å². The molecule has 0 aromatic carbocycles. The Bertz CT molecular complexity index is 571. The third-order valence-electron chi connectivity index (χ3n) is 5.28. The van der Waals surface area contributed by atoms with Gasteiger partial charge >= 0.3 is 6.03 Å². The van der Waals surface area contributed by atoms with Crippen molar-refractivity contribution in [3.8, 4) is 0 Å². The predicted octanol–water partition coefficient (Wildman–Crippen LogP) is 2.31. The largest absolute Gasteiger partial charge is 0.362 e. The molecule has 0 saturated carbocycles. The fraction of sp³-hybridized carbons (Fsp3) is 0.684. The minimum absolute atomic E-state index is 0.0630. The van der Waals surface area contributed by atoms with Crippen molar-refractivity contribution in [2.45, 2.75) is 44.7 Å². The smallest absolute Gasteiger partial charge is 0.317 e. The molecule has 6 heteroatoms. The van der Waals surface area contributed by atoms with Crippen LogP contribution in [-0.2, 0) is 6.54 Å². The number of amides is 2. The second kappa shape index (κ2) is 8.52. The predicted molar refractivity (Wildman–Crippen MR) is 101 cm³/mol. The van der Waals surface area contributed by atoms with Crippen molar-refractivity contribution in [2.24, 2.45) is 0 Å². The zero-order valence-corrected chi connectivity index (χ0v) is 15.6. The van der Waals surface area contributed by atoms with Crippen molar-refractivity contribution in [1.82, 2.24) is 20.1 Å². The van der Waals surface area contributed by atoms with Crippen molar-refractivity contribution in [2.75, 3.05) is 45.2 Å². The number of pyridine rings is 1. The van der Waals surface area contributed by atoms with Gasteiger partial charge in [0.15, 0.2) is 0 Å². The van der Waals surface area contributed by atoms with E-state index in [1.807, 2.05) is 36.0 Å². The molecule has 1 N–H and O–H groups in total. The molecule has 138 valence electrons. The Morgan fingerprint density at radius 2 is 2.04 bits per heavy atom. The molecule has 1 unspecified atom stereocenters. The van der Waals surface area contributed by atoms with Crippen LogP contribution in [0.2, 0.25) is 0 Å². The molecule has 1 aromatic heterocycles. The quantitative estimate of drug-likeness (QED) is 0.890. The maximum atomic E-state index is 12.7. The molecule has 0 bridgehead atoms. The summed E-state index contributed by atoms with van der Waals surface area (Å²) in [6.45, 7) is 4.80. The highest BCUT2D eigenvalue weighted by Crippen LogP contribution is 2.21. The number of urea groups is 1. The second-order valence-corrected chi connectivity index (χ2v) is 7.39. The number of carbonyl (C=O) groups is 1. The maximum Gasteiger partial charge on any atom is 0.317 e. The number of hydrogen-bond acceptors (Lipinski definition) is 4. The van der Waals surface area contributed by atoms with Crippen LogP contribution >= 0.6 is 0 Å². The van der Waals surface area contributed by atoms with Gasteiger partial charge < -0.3 is 20.0 Å². The van der Waals surface area contributed by atoms with Gasteiger partial charge in [0.05, 0.1) is 0 Å². The highest BCUT2D eigenvalue weighted by Gasteiger charge is 2.30. The fourth-order valence-corrected chi connectivity index (χ4v) is 3.98. The monoisotopic (exact) mass is 345 g/mol. The molecule has 2 amide bonds. The lowest BCUT2D eigenvalue weighted by atomic mass is 10.1. The van der Waals surface area contributed by atoms with Gasteiger partial charge in [0, 0.05) is 51.5 Å². The van der Waals surface area contributed by atoms with Gasteiger partial charge in [-0.05, 0) is 44.8 Å². The minimum atomic E-state index is 0.0630. The first-order chi connectivity index (χ1) is 12.1. The van der Waals surface area contributed by atoms with E-state index in [0.717, 1.165) is 37.3 Å². The van der Waals surface area contributed by atoms with Crippen LogP contribution in [0, 0.1) is 0 Å². The third kappa shape index (κ3) is 4.63. The third-order valence-corrected chi connectivity index (χ3v) is 5.28. The standard InChI is InChI=1S/C19H31N5O/c1-22(2)18-16(8-6-10-20-18)14-21-19(25)24-13-7-9-17(24)15-23-11-4-3-5-12-23/h6,8,10,17H,3-5,7,9,11-15H2,1-2H3,(H,21,25). The summed E-state index contributed by atoms with van der Waals surface area (Å²) in [6, 6.07) is 4.37. The molecular formula is C19H31N5O. The summed E-state index contributed by atoms with van der Waals surface area (Å²) in [5.74, 6) is 0.911. The molecule has 0 radical (unpaired) electrons. The summed E-state index contributed by atoms with van der Waals surface area (Å²) in [4.78, 5) is 23.7. The van der Waals surface area contributed by atoms with Crippen LogP contribution in [0.4, 0.5) is 10.6 Å². The van der Waals surface area contributed by atoms with Crippen LogP contribution in [0.5, 0.6) is 0 Å². The average Bonchev–Trinajstić information content (AvgIpc) is 3.09. The Morgan fingerprint density at radius 3 is 2.80 bits per heavy atom. The Kier molecular flexibility index (Phi) is 6.13. The maximum absolute atomic E-state index is 12.7. The molecule has 2 aliphatic rings. The van der Waals surface area contributed by atoms with Crippen molar-refractivity contribution in [3.63, 3.8) is 0 Å². The zero-order valence-electron chi connectivity index (χ0n) is 15.6. The number of nitrogens with one attached hydrogen (secondary N) is 1. The molecule has 6 nitrogen and oxygen atoms in total. The number of likely N-dealkylation sites (tertiary alicyclic amines) is 2. The van der Waals surface area contributed by atoms with Gasteiger partial charge in [0.25, 0.3) is 0 Å². The Morgan fingerprint density at radius 1 is 1.24 bits per heavy atom. The molecule has 3 rings (SSSR count). The normalized spacial score (nSPS) is 21.4. The summed E-state index contributed by atoms with van der Waals surface area (Å²) < 4.78 is 0. The summed E-state index contributed by atoms with van der Waals surface area (Å²) in [5.41, 5.74) is 1.05. The van der Waals surface area contributed by atoms with E-state index in [2.05, 4.69) is 15.2 Å². The molecule has 1 aromatic rings. The molecule has 0 aliphatic carbocycles. The summed E-state index contributed by atoms with van der Waals surface area (Å²) >= 11 is 0. The van der Waals surface area contributed by atoms with Gasteiger partial charge in [0.2, 0.25) is 0 Å². The number of carbonyl (C=O) groups excluding carboxylic acids is 1. The van der Waals surface area contributed by atoms with Gasteiger partial charge in [0.1, 0.15) is 5.82 Å². The first-order valence-electron chi connectivity index (χ1n) is 9.53. The van der Waals surface area contributed by atoms with E-state index in [1.54, 1.807) is 6.20 Å². The first-order valence-corrected chi connectivity index (χ1v) is 9.53. The van der Waals surface area contributed by atoms with Gasteiger partial charge in [-0.25, -0.2) is 9.78 Å². The molecule has 1 atom stereocenters. The number of rotatable bonds is 5. The van der Waals surface area contributed by atoms with Crippen molar-refractivity contribution in [3.05, 3.63) is 23.9 Å². The molecule has 3 heterocycles. The van der Waals surface area contributed by atoms with Crippen molar-refractivity contribution in [1.29, 1.82) is 0 Å². The lowest BCUT2D eigenvalue weighted by Crippen LogP contribution is -2.48. The van der Waals surface area contributed by atoms with Crippen LogP contribution in [0.3, 0.4) is 0 Å². The van der Waals surface area contributed by atoms with Gasteiger partial charge in [-0.1, -0.05) is 12.5 Å². The molecule has 25 heavy (non-hydrogen) atoms. The molecule has 2 fully saturated rings. The van der Waals surface area contributed by atoms with Crippen molar-refractivity contribution >= 4 is 11.8 Å². The SMILES string of the molecule is CN(C)c1ncccc1CNC(=O)N1CCCC1CN1CCCCC1. The van der Waals surface area contributed by atoms with Crippen LogP contribution in [0.25, 0.3) is 0 Å². The number of anilines is 1. The number of piperidine rings is 1. The average molecular weight is 345 g/mol. The highest BCUT2D eigenvalue weighted by atomic mass is 16.2. The number of nitrogens with zero attached hydrogens (tertiary/aromatic N) is 4. The van der Waals surface area contributed by atoms with Gasteiger partial charge in [-0.3, -0.25) is 0 Å². The molecule has 2 aliphatic heterocycles. The van der Waals surface area contributed by atoms with E-state index < -0.39 is 0 Å². The zero-order chi connectivity index (χ0) is 17.6. The minimum Gasteiger partial charge on any atom is -0.362 e. The lowest BCUT2D eigenvalue weighted by Gasteiger charge is -2.33.